The third kappa shape index (κ3) is 2.04. The summed E-state index contributed by atoms with van der Waals surface area (Å²) in [5.41, 5.74) is 8.17. The first-order valence-corrected chi connectivity index (χ1v) is 5.24. The van der Waals surface area contributed by atoms with E-state index in [1.807, 2.05) is 6.92 Å². The quantitative estimate of drug-likeness (QED) is 0.741. The van der Waals surface area contributed by atoms with Crippen molar-refractivity contribution in [1.29, 1.82) is 0 Å². The minimum absolute atomic E-state index is 0.184. The summed E-state index contributed by atoms with van der Waals surface area (Å²) in [6.07, 6.45) is 3.21. The third-order valence-electron chi connectivity index (χ3n) is 2.48. The van der Waals surface area contributed by atoms with Crippen molar-refractivity contribution in [3.63, 3.8) is 0 Å². The summed E-state index contributed by atoms with van der Waals surface area (Å²) in [7, 11) is 0. The van der Waals surface area contributed by atoms with Crippen molar-refractivity contribution in [2.45, 2.75) is 32.2 Å². The number of nitrogens with two attached hydrogens (primary N) is 1. The van der Waals surface area contributed by atoms with Crippen LogP contribution in [0.2, 0.25) is 0 Å². The van der Waals surface area contributed by atoms with Crippen molar-refractivity contribution in [3.8, 4) is 0 Å². The standard InChI is InChI=1S/C11H17N3/c1-8(12)7-10-5-4-9-3-2-6-13-11(9)14-10/h4-5,8H,2-3,6-7,12H2,1H3,(H,13,14). The van der Waals surface area contributed by atoms with Gasteiger partial charge in [0.1, 0.15) is 5.82 Å². The topological polar surface area (TPSA) is 50.9 Å². The Bertz CT molecular complexity index is 320. The molecule has 0 saturated heterocycles. The molecule has 76 valence electrons. The Morgan fingerprint density at radius 1 is 1.57 bits per heavy atom. The maximum atomic E-state index is 5.74. The van der Waals surface area contributed by atoms with Crippen LogP contribution in [0.15, 0.2) is 12.1 Å². The Morgan fingerprint density at radius 3 is 3.21 bits per heavy atom. The highest BCUT2D eigenvalue weighted by Crippen LogP contribution is 2.19. The van der Waals surface area contributed by atoms with Crippen LogP contribution in [0.25, 0.3) is 0 Å². The molecule has 0 bridgehead atoms. The SMILES string of the molecule is CC(N)Cc1ccc2c(n1)NCCC2. The van der Waals surface area contributed by atoms with Crippen LogP contribution in [-0.4, -0.2) is 17.6 Å². The largest absolute Gasteiger partial charge is 0.370 e. The van der Waals surface area contributed by atoms with Gasteiger partial charge in [0, 0.05) is 24.7 Å². The second-order valence-corrected chi connectivity index (χ2v) is 4.02. The normalized spacial score (nSPS) is 17.0. The molecule has 1 aliphatic heterocycles. The number of hydrogen-bond donors (Lipinski definition) is 2. The van der Waals surface area contributed by atoms with Crippen LogP contribution in [0.1, 0.15) is 24.6 Å². The van der Waals surface area contributed by atoms with E-state index in [9.17, 15) is 0 Å². The van der Waals surface area contributed by atoms with Crippen LogP contribution in [0, 0.1) is 0 Å². The van der Waals surface area contributed by atoms with Gasteiger partial charge in [-0.05, 0) is 31.4 Å². The van der Waals surface area contributed by atoms with Crippen molar-refractivity contribution >= 4 is 5.82 Å². The van der Waals surface area contributed by atoms with Crippen molar-refractivity contribution in [2.24, 2.45) is 5.73 Å². The van der Waals surface area contributed by atoms with E-state index < -0.39 is 0 Å². The lowest BCUT2D eigenvalue weighted by atomic mass is 10.1. The monoisotopic (exact) mass is 191 g/mol. The van der Waals surface area contributed by atoms with Crippen LogP contribution in [0.4, 0.5) is 5.82 Å². The number of hydrogen-bond acceptors (Lipinski definition) is 3. The zero-order valence-corrected chi connectivity index (χ0v) is 8.59. The van der Waals surface area contributed by atoms with Gasteiger partial charge in [0.25, 0.3) is 0 Å². The Morgan fingerprint density at radius 2 is 2.43 bits per heavy atom. The van der Waals surface area contributed by atoms with Crippen molar-refractivity contribution in [1.82, 2.24) is 4.98 Å². The molecule has 3 N–H and O–H groups in total. The van der Waals surface area contributed by atoms with E-state index in [0.29, 0.717) is 0 Å². The Hall–Kier alpha value is -1.09. The van der Waals surface area contributed by atoms with Gasteiger partial charge in [-0.15, -0.1) is 0 Å². The van der Waals surface area contributed by atoms with E-state index in [4.69, 9.17) is 5.73 Å². The Labute approximate surface area is 84.7 Å². The summed E-state index contributed by atoms with van der Waals surface area (Å²) in [5, 5.41) is 3.32. The van der Waals surface area contributed by atoms with Crippen LogP contribution in [0.5, 0.6) is 0 Å². The van der Waals surface area contributed by atoms with E-state index in [1.165, 1.54) is 12.0 Å². The first-order valence-electron chi connectivity index (χ1n) is 5.24. The highest BCUT2D eigenvalue weighted by Gasteiger charge is 2.10. The molecule has 2 rings (SSSR count). The van der Waals surface area contributed by atoms with E-state index in [1.54, 1.807) is 0 Å². The zero-order valence-electron chi connectivity index (χ0n) is 8.59. The third-order valence-corrected chi connectivity index (χ3v) is 2.48. The smallest absolute Gasteiger partial charge is 0.129 e. The highest BCUT2D eigenvalue weighted by atomic mass is 15.0. The van der Waals surface area contributed by atoms with Gasteiger partial charge in [-0.25, -0.2) is 4.98 Å². The minimum Gasteiger partial charge on any atom is -0.370 e. The van der Waals surface area contributed by atoms with E-state index >= 15 is 0 Å². The molecule has 0 aromatic carbocycles. The molecule has 1 aliphatic rings. The number of fused-ring (bicyclic) bond motifs is 1. The first kappa shape index (κ1) is 9.46. The van der Waals surface area contributed by atoms with E-state index in [0.717, 1.165) is 30.9 Å². The molecule has 1 unspecified atom stereocenters. The number of rotatable bonds is 2. The number of nitrogens with zero attached hydrogens (tertiary/aromatic N) is 1. The molecule has 3 heteroatoms. The van der Waals surface area contributed by atoms with E-state index in [2.05, 4.69) is 22.4 Å². The molecule has 2 heterocycles. The van der Waals surface area contributed by atoms with E-state index in [-0.39, 0.29) is 6.04 Å². The molecule has 1 aromatic heterocycles. The van der Waals surface area contributed by atoms with Crippen molar-refractivity contribution in [2.75, 3.05) is 11.9 Å². The molecular formula is C11H17N3. The summed E-state index contributed by atoms with van der Waals surface area (Å²) in [5.74, 6) is 1.06. The summed E-state index contributed by atoms with van der Waals surface area (Å²) < 4.78 is 0. The number of anilines is 1. The zero-order chi connectivity index (χ0) is 9.97. The van der Waals surface area contributed by atoms with Gasteiger partial charge in [0.05, 0.1) is 0 Å². The fourth-order valence-electron chi connectivity index (χ4n) is 1.81. The van der Waals surface area contributed by atoms with Gasteiger partial charge in [-0.2, -0.15) is 0 Å². The Kier molecular flexibility index (Phi) is 2.68. The van der Waals surface area contributed by atoms with Crippen molar-refractivity contribution < 1.29 is 0 Å². The van der Waals surface area contributed by atoms with Crippen LogP contribution < -0.4 is 11.1 Å². The lowest BCUT2D eigenvalue weighted by Gasteiger charge is -2.17. The molecular weight excluding hydrogens is 174 g/mol. The predicted molar refractivity (Wildman–Crippen MR) is 58.4 cm³/mol. The summed E-state index contributed by atoms with van der Waals surface area (Å²) >= 11 is 0. The van der Waals surface area contributed by atoms with Gasteiger partial charge in [-0.3, -0.25) is 0 Å². The average Bonchev–Trinajstić information content (AvgIpc) is 2.17. The summed E-state index contributed by atoms with van der Waals surface area (Å²) in [6, 6.07) is 4.45. The van der Waals surface area contributed by atoms with Crippen LogP contribution >= 0.6 is 0 Å². The first-order chi connectivity index (χ1) is 6.75. The summed E-state index contributed by atoms with van der Waals surface area (Å²) in [4.78, 5) is 4.56. The van der Waals surface area contributed by atoms with Gasteiger partial charge < -0.3 is 11.1 Å². The van der Waals surface area contributed by atoms with Crippen LogP contribution in [0.3, 0.4) is 0 Å². The van der Waals surface area contributed by atoms with Crippen LogP contribution in [-0.2, 0) is 12.8 Å². The molecule has 0 radical (unpaired) electrons. The molecule has 3 nitrogen and oxygen atoms in total. The molecule has 0 spiro atoms. The van der Waals surface area contributed by atoms with Gasteiger partial charge in [0.2, 0.25) is 0 Å². The average molecular weight is 191 g/mol. The maximum absolute atomic E-state index is 5.74. The molecule has 1 aromatic rings. The minimum atomic E-state index is 0.184. The number of pyridine rings is 1. The highest BCUT2D eigenvalue weighted by molar-refractivity contribution is 5.47. The second-order valence-electron chi connectivity index (χ2n) is 4.02. The number of aromatic nitrogens is 1. The lowest BCUT2D eigenvalue weighted by Crippen LogP contribution is -2.20. The predicted octanol–water partition coefficient (Wildman–Crippen LogP) is 1.33. The Balaban J connectivity index is 2.20. The molecule has 0 saturated carbocycles. The summed E-state index contributed by atoms with van der Waals surface area (Å²) in [6.45, 7) is 3.05. The molecule has 0 fully saturated rings. The van der Waals surface area contributed by atoms with Crippen molar-refractivity contribution in [3.05, 3.63) is 23.4 Å². The second kappa shape index (κ2) is 3.96. The fourth-order valence-corrected chi connectivity index (χ4v) is 1.81. The molecule has 0 aliphatic carbocycles. The number of aryl methyl sites for hydroxylation is 1. The molecule has 0 amide bonds. The fraction of sp³-hybridized carbons (Fsp3) is 0.545. The van der Waals surface area contributed by atoms with Gasteiger partial charge in [0.15, 0.2) is 0 Å². The maximum Gasteiger partial charge on any atom is 0.129 e. The number of nitrogens with one attached hydrogen (secondary N) is 1. The van der Waals surface area contributed by atoms with Gasteiger partial charge >= 0.3 is 0 Å². The van der Waals surface area contributed by atoms with Gasteiger partial charge in [-0.1, -0.05) is 6.07 Å². The molecule has 14 heavy (non-hydrogen) atoms. The molecule has 1 atom stereocenters. The lowest BCUT2D eigenvalue weighted by molar-refractivity contribution is 0.717.